The number of amides is 1. The third-order valence-corrected chi connectivity index (χ3v) is 5.94. The van der Waals surface area contributed by atoms with E-state index < -0.39 is 0 Å². The zero-order valence-electron chi connectivity index (χ0n) is 15.5. The van der Waals surface area contributed by atoms with Crippen molar-refractivity contribution in [3.8, 4) is 11.9 Å². The summed E-state index contributed by atoms with van der Waals surface area (Å²) in [6, 6.07) is 5.49. The van der Waals surface area contributed by atoms with Gasteiger partial charge in [0.05, 0.1) is 31.4 Å². The molecule has 0 radical (unpaired) electrons. The summed E-state index contributed by atoms with van der Waals surface area (Å²) in [5.74, 6) is 1.75. The highest BCUT2D eigenvalue weighted by atomic mass is 16.5. The maximum absolute atomic E-state index is 12.4. The molecule has 3 atom stereocenters. The number of hydrogen-bond donors (Lipinski definition) is 0. The normalized spacial score (nSPS) is 27.5. The first-order chi connectivity index (χ1) is 13.2. The van der Waals surface area contributed by atoms with Gasteiger partial charge in [-0.2, -0.15) is 5.26 Å². The summed E-state index contributed by atoms with van der Waals surface area (Å²) in [5.41, 5.74) is 0.531. The third-order valence-electron chi connectivity index (χ3n) is 5.94. The Morgan fingerprint density at radius 1 is 1.33 bits per heavy atom. The SMILES string of the molecule is N#Cc1ccc(OCC[C@@H]2CO[C@@H]3CN(CC(=O)N4CCCC4)C[C@H]23)nc1. The van der Waals surface area contributed by atoms with E-state index in [0.717, 1.165) is 52.0 Å². The smallest absolute Gasteiger partial charge is 0.236 e. The molecule has 1 aromatic rings. The molecule has 1 amide bonds. The van der Waals surface area contributed by atoms with E-state index in [9.17, 15) is 4.79 Å². The quantitative estimate of drug-likeness (QED) is 0.751. The molecular formula is C20H26N4O3. The standard InChI is InChI=1S/C20H26N4O3/c21-9-15-3-4-19(22-10-15)26-8-5-16-14-27-18-12-23(11-17(16)18)13-20(25)24-6-1-2-7-24/h3-4,10,16-18H,1-2,5-8,11-14H2/t16-,17-,18-/m1/s1. The van der Waals surface area contributed by atoms with E-state index in [0.29, 0.717) is 36.4 Å². The second kappa shape index (κ2) is 8.24. The Hall–Kier alpha value is -2.17. The van der Waals surface area contributed by atoms with Crippen LogP contribution in [-0.4, -0.2) is 72.7 Å². The topological polar surface area (TPSA) is 78.7 Å². The molecule has 27 heavy (non-hydrogen) atoms. The Bertz CT molecular complexity index is 696. The number of pyridine rings is 1. The molecule has 0 bridgehead atoms. The van der Waals surface area contributed by atoms with Crippen molar-refractivity contribution in [1.82, 2.24) is 14.8 Å². The molecule has 7 heteroatoms. The van der Waals surface area contributed by atoms with Crippen LogP contribution in [0.25, 0.3) is 0 Å². The van der Waals surface area contributed by atoms with E-state index in [2.05, 4.69) is 9.88 Å². The highest BCUT2D eigenvalue weighted by Gasteiger charge is 2.44. The molecule has 3 fully saturated rings. The highest BCUT2D eigenvalue weighted by molar-refractivity contribution is 5.78. The number of nitriles is 1. The lowest BCUT2D eigenvalue weighted by Crippen LogP contribution is -2.38. The van der Waals surface area contributed by atoms with Gasteiger partial charge in [-0.15, -0.1) is 0 Å². The van der Waals surface area contributed by atoms with Crippen molar-refractivity contribution in [2.75, 3.05) is 45.9 Å². The summed E-state index contributed by atoms with van der Waals surface area (Å²) >= 11 is 0. The number of fused-ring (bicyclic) bond motifs is 1. The Balaban J connectivity index is 1.22. The van der Waals surface area contributed by atoms with E-state index in [-0.39, 0.29) is 12.0 Å². The average molecular weight is 370 g/mol. The fourth-order valence-corrected chi connectivity index (χ4v) is 4.41. The molecule has 0 aromatic carbocycles. The number of nitrogens with zero attached hydrogens (tertiary/aromatic N) is 4. The molecule has 3 saturated heterocycles. The van der Waals surface area contributed by atoms with Crippen LogP contribution in [-0.2, 0) is 9.53 Å². The zero-order chi connectivity index (χ0) is 18.6. The summed E-state index contributed by atoms with van der Waals surface area (Å²) in [6.07, 6.45) is 4.95. The summed E-state index contributed by atoms with van der Waals surface area (Å²) < 4.78 is 11.7. The summed E-state index contributed by atoms with van der Waals surface area (Å²) in [4.78, 5) is 20.8. The summed E-state index contributed by atoms with van der Waals surface area (Å²) in [7, 11) is 0. The first-order valence-electron chi connectivity index (χ1n) is 9.83. The fraction of sp³-hybridized carbons (Fsp3) is 0.650. The van der Waals surface area contributed by atoms with Crippen LogP contribution in [0.1, 0.15) is 24.8 Å². The predicted octanol–water partition coefficient (Wildman–Crippen LogP) is 1.29. The van der Waals surface area contributed by atoms with Gasteiger partial charge in [-0.05, 0) is 31.2 Å². The van der Waals surface area contributed by atoms with Gasteiger partial charge in [0.25, 0.3) is 0 Å². The van der Waals surface area contributed by atoms with Crippen molar-refractivity contribution >= 4 is 5.91 Å². The van der Waals surface area contributed by atoms with Crippen LogP contribution in [0.15, 0.2) is 18.3 Å². The number of aromatic nitrogens is 1. The van der Waals surface area contributed by atoms with E-state index in [1.54, 1.807) is 12.1 Å². The molecule has 0 spiro atoms. The van der Waals surface area contributed by atoms with Gasteiger partial charge in [0.2, 0.25) is 11.8 Å². The molecule has 144 valence electrons. The van der Waals surface area contributed by atoms with Gasteiger partial charge in [0.15, 0.2) is 0 Å². The van der Waals surface area contributed by atoms with E-state index >= 15 is 0 Å². The predicted molar refractivity (Wildman–Crippen MR) is 98.0 cm³/mol. The number of carbonyl (C=O) groups excluding carboxylic acids is 1. The van der Waals surface area contributed by atoms with Gasteiger partial charge in [0, 0.05) is 44.4 Å². The van der Waals surface area contributed by atoms with Crippen LogP contribution in [0, 0.1) is 23.2 Å². The number of ether oxygens (including phenoxy) is 2. The molecule has 0 unspecified atom stereocenters. The summed E-state index contributed by atoms with van der Waals surface area (Å²) in [6.45, 7) is 5.51. The van der Waals surface area contributed by atoms with Crippen LogP contribution >= 0.6 is 0 Å². The minimum absolute atomic E-state index is 0.245. The first kappa shape index (κ1) is 18.2. The van der Waals surface area contributed by atoms with Gasteiger partial charge in [-0.3, -0.25) is 9.69 Å². The van der Waals surface area contributed by atoms with Crippen molar-refractivity contribution in [2.45, 2.75) is 25.4 Å². The van der Waals surface area contributed by atoms with Gasteiger partial charge in [-0.1, -0.05) is 0 Å². The molecule has 3 aliphatic heterocycles. The van der Waals surface area contributed by atoms with Crippen molar-refractivity contribution in [3.05, 3.63) is 23.9 Å². The van der Waals surface area contributed by atoms with Crippen LogP contribution in [0.3, 0.4) is 0 Å². The fourth-order valence-electron chi connectivity index (χ4n) is 4.41. The lowest BCUT2D eigenvalue weighted by Gasteiger charge is -2.22. The summed E-state index contributed by atoms with van der Waals surface area (Å²) in [5, 5.41) is 8.80. The zero-order valence-corrected chi connectivity index (χ0v) is 15.5. The number of hydrogen-bond acceptors (Lipinski definition) is 6. The van der Waals surface area contributed by atoms with Crippen LogP contribution in [0.5, 0.6) is 5.88 Å². The second-order valence-corrected chi connectivity index (χ2v) is 7.71. The van der Waals surface area contributed by atoms with Gasteiger partial charge >= 0.3 is 0 Å². The van der Waals surface area contributed by atoms with Crippen molar-refractivity contribution in [2.24, 2.45) is 11.8 Å². The molecule has 4 heterocycles. The first-order valence-corrected chi connectivity index (χ1v) is 9.83. The number of rotatable bonds is 6. The number of carbonyl (C=O) groups is 1. The highest BCUT2D eigenvalue weighted by Crippen LogP contribution is 2.35. The Morgan fingerprint density at radius 2 is 2.19 bits per heavy atom. The molecule has 0 saturated carbocycles. The van der Waals surface area contributed by atoms with Gasteiger partial charge in [-0.25, -0.2) is 4.98 Å². The van der Waals surface area contributed by atoms with Gasteiger partial charge < -0.3 is 14.4 Å². The monoisotopic (exact) mass is 370 g/mol. The Kier molecular flexibility index (Phi) is 5.55. The van der Waals surface area contributed by atoms with E-state index in [4.69, 9.17) is 14.7 Å². The Morgan fingerprint density at radius 3 is 2.93 bits per heavy atom. The van der Waals surface area contributed by atoms with Crippen LogP contribution in [0.2, 0.25) is 0 Å². The molecule has 3 aliphatic rings. The van der Waals surface area contributed by atoms with Crippen LogP contribution < -0.4 is 4.74 Å². The maximum atomic E-state index is 12.4. The molecule has 0 aliphatic carbocycles. The van der Waals surface area contributed by atoms with Crippen molar-refractivity contribution < 1.29 is 14.3 Å². The lowest BCUT2D eigenvalue weighted by atomic mass is 9.91. The minimum Gasteiger partial charge on any atom is -0.478 e. The Labute approximate surface area is 159 Å². The van der Waals surface area contributed by atoms with E-state index in [1.807, 2.05) is 11.0 Å². The second-order valence-electron chi connectivity index (χ2n) is 7.71. The maximum Gasteiger partial charge on any atom is 0.236 e. The third kappa shape index (κ3) is 4.23. The van der Waals surface area contributed by atoms with Gasteiger partial charge in [0.1, 0.15) is 6.07 Å². The number of likely N-dealkylation sites (tertiary alicyclic amines) is 2. The lowest BCUT2D eigenvalue weighted by molar-refractivity contribution is -0.131. The van der Waals surface area contributed by atoms with Crippen LogP contribution in [0.4, 0.5) is 0 Å². The molecule has 7 nitrogen and oxygen atoms in total. The largest absolute Gasteiger partial charge is 0.478 e. The average Bonchev–Trinajstić information content (AvgIpc) is 3.41. The molecule has 1 aromatic heterocycles. The minimum atomic E-state index is 0.245. The molecular weight excluding hydrogens is 344 g/mol. The molecule has 0 N–H and O–H groups in total. The molecule has 4 rings (SSSR count). The van der Waals surface area contributed by atoms with E-state index in [1.165, 1.54) is 6.20 Å². The van der Waals surface area contributed by atoms with Crippen molar-refractivity contribution in [3.63, 3.8) is 0 Å². The van der Waals surface area contributed by atoms with Crippen molar-refractivity contribution in [1.29, 1.82) is 5.26 Å².